The predicted octanol–water partition coefficient (Wildman–Crippen LogP) is 0.295. The van der Waals surface area contributed by atoms with E-state index in [0.29, 0.717) is 5.75 Å². The van der Waals surface area contributed by atoms with Crippen molar-refractivity contribution in [1.29, 1.82) is 0 Å². The quantitative estimate of drug-likeness (QED) is 0.700. The molecule has 2 N–H and O–H groups in total. The van der Waals surface area contributed by atoms with Gasteiger partial charge in [-0.2, -0.15) is 0 Å². The smallest absolute Gasteiger partial charge is 0.306 e. The second kappa shape index (κ2) is 6.50. The number of sulfonamides is 1. The van der Waals surface area contributed by atoms with Crippen molar-refractivity contribution in [3.63, 3.8) is 0 Å². The Bertz CT molecular complexity index is 525. The number of ether oxygens (including phenoxy) is 1. The van der Waals surface area contributed by atoms with Crippen LogP contribution in [0.2, 0.25) is 0 Å². The molecule has 106 valence electrons. The van der Waals surface area contributed by atoms with E-state index in [9.17, 15) is 13.2 Å². The normalized spacial score (nSPS) is 11.5. The first-order valence-corrected chi connectivity index (χ1v) is 6.94. The summed E-state index contributed by atoms with van der Waals surface area (Å²) < 4.78 is 28.7. The summed E-state index contributed by atoms with van der Waals surface area (Å²) in [4.78, 5) is 12.7. The van der Waals surface area contributed by atoms with Crippen molar-refractivity contribution in [1.82, 2.24) is 9.84 Å². The van der Waals surface area contributed by atoms with Crippen molar-refractivity contribution >= 4 is 16.0 Å². The van der Waals surface area contributed by atoms with Crippen molar-refractivity contribution in [3.05, 3.63) is 24.3 Å². The Morgan fingerprint density at radius 2 is 1.89 bits per heavy atom. The van der Waals surface area contributed by atoms with Crippen molar-refractivity contribution in [2.24, 2.45) is 0 Å². The summed E-state index contributed by atoms with van der Waals surface area (Å²) in [5.41, 5.74) is 0. The van der Waals surface area contributed by atoms with E-state index < -0.39 is 16.0 Å². The lowest BCUT2D eigenvalue weighted by molar-refractivity contribution is -0.137. The van der Waals surface area contributed by atoms with Crippen LogP contribution >= 0.6 is 0 Å². The summed E-state index contributed by atoms with van der Waals surface area (Å²) in [7, 11) is -0.443. The van der Waals surface area contributed by atoms with E-state index in [1.165, 1.54) is 29.3 Å². The highest BCUT2D eigenvalue weighted by Gasteiger charge is 2.14. The van der Waals surface area contributed by atoms with Crippen LogP contribution < -0.4 is 9.57 Å². The van der Waals surface area contributed by atoms with Crippen LogP contribution in [-0.4, -0.2) is 45.2 Å². The second-order valence-corrected chi connectivity index (χ2v) is 5.61. The number of nitrogens with zero attached hydrogens (tertiary/aromatic N) is 1. The SMILES string of the molecule is CN(C)NS(=O)(=O)c1ccc(OCCC(=O)O)cc1. The Morgan fingerprint density at radius 3 is 2.37 bits per heavy atom. The molecule has 1 aromatic rings. The minimum absolute atomic E-state index is 0.0391. The lowest BCUT2D eigenvalue weighted by atomic mass is 10.3. The van der Waals surface area contributed by atoms with Crippen LogP contribution in [0.3, 0.4) is 0 Å². The number of hydrazine groups is 1. The molecule has 0 spiro atoms. The first-order valence-electron chi connectivity index (χ1n) is 5.46. The average Bonchev–Trinajstić information content (AvgIpc) is 2.27. The molecule has 0 amide bonds. The maximum atomic E-state index is 11.8. The average molecular weight is 288 g/mol. The van der Waals surface area contributed by atoms with Gasteiger partial charge in [0.05, 0.1) is 17.9 Å². The number of benzene rings is 1. The molecule has 0 heterocycles. The number of nitrogens with one attached hydrogen (secondary N) is 1. The lowest BCUT2D eigenvalue weighted by Gasteiger charge is -2.12. The van der Waals surface area contributed by atoms with Crippen molar-refractivity contribution in [2.45, 2.75) is 11.3 Å². The van der Waals surface area contributed by atoms with Crippen LogP contribution in [0, 0.1) is 0 Å². The molecular formula is C11H16N2O5S. The molecule has 0 aliphatic carbocycles. The molecule has 8 heteroatoms. The van der Waals surface area contributed by atoms with Crippen LogP contribution in [-0.2, 0) is 14.8 Å². The highest BCUT2D eigenvalue weighted by atomic mass is 32.2. The maximum absolute atomic E-state index is 11.8. The molecule has 7 nitrogen and oxygen atoms in total. The number of carbonyl (C=O) groups is 1. The molecule has 1 rings (SSSR count). The van der Waals surface area contributed by atoms with Crippen LogP contribution in [0.25, 0.3) is 0 Å². The molecule has 0 bridgehead atoms. The molecule has 0 aliphatic heterocycles. The van der Waals surface area contributed by atoms with Crippen molar-refractivity contribution in [2.75, 3.05) is 20.7 Å². The predicted molar refractivity (Wildman–Crippen MR) is 68.2 cm³/mol. The Morgan fingerprint density at radius 1 is 1.32 bits per heavy atom. The van der Waals surface area contributed by atoms with E-state index in [-0.39, 0.29) is 17.9 Å². The summed E-state index contributed by atoms with van der Waals surface area (Å²) in [5, 5.41) is 9.78. The van der Waals surface area contributed by atoms with E-state index in [1.807, 2.05) is 0 Å². The second-order valence-electron chi connectivity index (χ2n) is 3.95. The topological polar surface area (TPSA) is 95.9 Å². The van der Waals surface area contributed by atoms with Gasteiger partial charge in [0.2, 0.25) is 0 Å². The van der Waals surface area contributed by atoms with Gasteiger partial charge in [-0.1, -0.05) is 0 Å². The van der Waals surface area contributed by atoms with E-state index in [0.717, 1.165) is 0 Å². The zero-order valence-electron chi connectivity index (χ0n) is 10.7. The minimum Gasteiger partial charge on any atom is -0.493 e. The largest absolute Gasteiger partial charge is 0.493 e. The Hall–Kier alpha value is -1.64. The summed E-state index contributed by atoms with van der Waals surface area (Å²) in [5.74, 6) is -0.528. The van der Waals surface area contributed by atoms with Gasteiger partial charge in [-0.15, -0.1) is 4.83 Å². The molecule has 0 unspecified atom stereocenters. The number of hydrogen-bond donors (Lipinski definition) is 2. The minimum atomic E-state index is -3.58. The fourth-order valence-electron chi connectivity index (χ4n) is 1.26. The summed E-state index contributed by atoms with van der Waals surface area (Å²) in [6.07, 6.45) is -0.109. The molecular weight excluding hydrogens is 272 g/mol. The lowest BCUT2D eigenvalue weighted by Crippen LogP contribution is -2.36. The molecule has 19 heavy (non-hydrogen) atoms. The number of aliphatic carboxylic acids is 1. The molecule has 0 saturated heterocycles. The molecule has 1 aromatic carbocycles. The highest BCUT2D eigenvalue weighted by Crippen LogP contribution is 2.16. The molecule has 0 aliphatic rings. The fourth-order valence-corrected chi connectivity index (χ4v) is 2.34. The Balaban J connectivity index is 2.68. The van der Waals surface area contributed by atoms with Crippen molar-refractivity contribution < 1.29 is 23.1 Å². The van der Waals surface area contributed by atoms with Gasteiger partial charge < -0.3 is 9.84 Å². The summed E-state index contributed by atoms with van der Waals surface area (Å²) in [6, 6.07) is 5.74. The van der Waals surface area contributed by atoms with Crippen LogP contribution in [0.15, 0.2) is 29.2 Å². The Kier molecular flexibility index (Phi) is 5.28. The zero-order valence-corrected chi connectivity index (χ0v) is 11.5. The summed E-state index contributed by atoms with van der Waals surface area (Å²) in [6.45, 7) is 0.0391. The third kappa shape index (κ3) is 5.25. The van der Waals surface area contributed by atoms with Crippen LogP contribution in [0.5, 0.6) is 5.75 Å². The van der Waals surface area contributed by atoms with Crippen LogP contribution in [0.4, 0.5) is 0 Å². The molecule has 0 saturated carbocycles. The van der Waals surface area contributed by atoms with Gasteiger partial charge in [0, 0.05) is 14.1 Å². The zero-order chi connectivity index (χ0) is 14.5. The number of carboxylic acids is 1. The monoisotopic (exact) mass is 288 g/mol. The van der Waals surface area contributed by atoms with Gasteiger partial charge in [-0.25, -0.2) is 13.4 Å². The van der Waals surface area contributed by atoms with Gasteiger partial charge in [0.25, 0.3) is 10.0 Å². The highest BCUT2D eigenvalue weighted by molar-refractivity contribution is 7.89. The van der Waals surface area contributed by atoms with Crippen molar-refractivity contribution in [3.8, 4) is 5.75 Å². The molecule has 0 atom stereocenters. The van der Waals surface area contributed by atoms with E-state index in [4.69, 9.17) is 9.84 Å². The van der Waals surface area contributed by atoms with Gasteiger partial charge >= 0.3 is 5.97 Å². The Labute approximate surface area is 111 Å². The van der Waals surface area contributed by atoms with Gasteiger partial charge in [-0.05, 0) is 24.3 Å². The van der Waals surface area contributed by atoms with E-state index in [2.05, 4.69) is 4.83 Å². The van der Waals surface area contributed by atoms with E-state index >= 15 is 0 Å². The maximum Gasteiger partial charge on any atom is 0.306 e. The number of carboxylic acid groups (broad SMARTS) is 1. The third-order valence-electron chi connectivity index (χ3n) is 2.02. The van der Waals surface area contributed by atoms with Gasteiger partial charge in [-0.3, -0.25) is 4.79 Å². The molecule has 0 radical (unpaired) electrons. The standard InChI is InChI=1S/C11H16N2O5S/c1-13(2)12-19(16,17)10-5-3-9(4-6-10)18-8-7-11(14)15/h3-6,12H,7-8H2,1-2H3,(H,14,15). The molecule has 0 aromatic heterocycles. The van der Waals surface area contributed by atoms with E-state index in [1.54, 1.807) is 14.1 Å². The summed E-state index contributed by atoms with van der Waals surface area (Å²) >= 11 is 0. The fraction of sp³-hybridized carbons (Fsp3) is 0.364. The first kappa shape index (κ1) is 15.4. The van der Waals surface area contributed by atoms with Crippen LogP contribution in [0.1, 0.15) is 6.42 Å². The van der Waals surface area contributed by atoms with Gasteiger partial charge in [0.1, 0.15) is 5.75 Å². The number of rotatable bonds is 7. The third-order valence-corrected chi connectivity index (χ3v) is 3.52. The molecule has 0 fully saturated rings. The number of hydrogen-bond acceptors (Lipinski definition) is 5. The van der Waals surface area contributed by atoms with Gasteiger partial charge in [0.15, 0.2) is 0 Å². The first-order chi connectivity index (χ1) is 8.81.